The van der Waals surface area contributed by atoms with E-state index in [4.69, 9.17) is 12.2 Å². The van der Waals surface area contributed by atoms with E-state index < -0.39 is 10.0 Å². The van der Waals surface area contributed by atoms with E-state index in [-0.39, 0.29) is 34.1 Å². The Balaban J connectivity index is 1.44. The molecule has 0 atom stereocenters. The number of anilines is 2. The maximum Gasteiger partial charge on any atom is 0.262 e. The van der Waals surface area contributed by atoms with E-state index in [1.54, 1.807) is 60.7 Å². The van der Waals surface area contributed by atoms with Gasteiger partial charge in [0.05, 0.1) is 21.5 Å². The third-order valence-electron chi connectivity index (χ3n) is 4.90. The lowest BCUT2D eigenvalue weighted by atomic mass is 10.2. The third-order valence-corrected chi connectivity index (χ3v) is 6.62. The number of benzene rings is 3. The van der Waals surface area contributed by atoms with Crippen molar-refractivity contribution in [2.75, 3.05) is 10.0 Å². The van der Waals surface area contributed by atoms with Crippen molar-refractivity contribution in [2.45, 2.75) is 17.9 Å². The van der Waals surface area contributed by atoms with Gasteiger partial charge in [0.2, 0.25) is 5.91 Å². The highest BCUT2D eigenvalue weighted by Crippen LogP contribution is 2.19. The van der Waals surface area contributed by atoms with Crippen LogP contribution in [0.5, 0.6) is 0 Å². The average molecular weight is 481 g/mol. The molecule has 8 nitrogen and oxygen atoms in total. The number of carbonyl (C=O) groups is 1. The fourth-order valence-electron chi connectivity index (χ4n) is 3.31. The number of aromatic nitrogens is 2. The van der Waals surface area contributed by atoms with Gasteiger partial charge in [0, 0.05) is 18.7 Å². The molecule has 0 spiro atoms. The van der Waals surface area contributed by atoms with Gasteiger partial charge in [-0.3, -0.25) is 18.9 Å². The molecule has 3 aromatic carbocycles. The number of nitrogens with zero attached hydrogens (tertiary/aromatic N) is 1. The van der Waals surface area contributed by atoms with Crippen LogP contribution in [0.1, 0.15) is 6.42 Å². The first-order valence-electron chi connectivity index (χ1n) is 10.0. The molecule has 0 aliphatic heterocycles. The van der Waals surface area contributed by atoms with Gasteiger partial charge in [-0.05, 0) is 54.7 Å². The van der Waals surface area contributed by atoms with E-state index in [0.29, 0.717) is 22.3 Å². The van der Waals surface area contributed by atoms with Crippen molar-refractivity contribution in [3.05, 3.63) is 94.0 Å². The van der Waals surface area contributed by atoms with Crippen LogP contribution in [0.2, 0.25) is 0 Å². The van der Waals surface area contributed by atoms with Gasteiger partial charge in [0.1, 0.15) is 0 Å². The molecule has 0 fully saturated rings. The number of H-pyrrole nitrogens is 1. The largest absolute Gasteiger partial charge is 0.332 e. The van der Waals surface area contributed by atoms with Crippen LogP contribution < -0.4 is 15.6 Å². The SMILES string of the molecule is O=C(CCn1c(=S)[nH]c2ccccc2c1=O)Nc1cccc(NS(=O)(=O)c2ccccc2)c1. The summed E-state index contributed by atoms with van der Waals surface area (Å²) in [6.45, 7) is 0.102. The van der Waals surface area contributed by atoms with E-state index >= 15 is 0 Å². The highest BCUT2D eigenvalue weighted by molar-refractivity contribution is 7.92. The zero-order valence-corrected chi connectivity index (χ0v) is 18.9. The van der Waals surface area contributed by atoms with E-state index in [0.717, 1.165) is 0 Å². The van der Waals surface area contributed by atoms with Crippen LogP contribution in [0.4, 0.5) is 11.4 Å². The predicted molar refractivity (Wildman–Crippen MR) is 130 cm³/mol. The lowest BCUT2D eigenvalue weighted by Gasteiger charge is -2.11. The Hall–Kier alpha value is -3.76. The van der Waals surface area contributed by atoms with Crippen LogP contribution >= 0.6 is 12.2 Å². The van der Waals surface area contributed by atoms with E-state index in [9.17, 15) is 18.0 Å². The van der Waals surface area contributed by atoms with Crippen LogP contribution in [0.15, 0.2) is 88.6 Å². The zero-order chi connectivity index (χ0) is 23.4. The molecule has 168 valence electrons. The number of carbonyl (C=O) groups excluding carboxylic acids is 1. The Morgan fingerprint density at radius 2 is 1.64 bits per heavy atom. The van der Waals surface area contributed by atoms with Crippen LogP contribution in [-0.2, 0) is 21.4 Å². The Morgan fingerprint density at radius 1 is 0.939 bits per heavy atom. The lowest BCUT2D eigenvalue weighted by Crippen LogP contribution is -2.25. The summed E-state index contributed by atoms with van der Waals surface area (Å²) >= 11 is 5.27. The molecule has 3 N–H and O–H groups in total. The standard InChI is InChI=1S/C23H20N4O4S2/c28-21(13-14-27-22(29)19-11-4-5-12-20(19)25-23(27)32)24-16-7-6-8-17(15-16)26-33(30,31)18-9-2-1-3-10-18/h1-12,15,26H,13-14H2,(H,24,28)(H,25,32). The molecule has 1 aromatic heterocycles. The molecule has 1 heterocycles. The predicted octanol–water partition coefficient (Wildman–Crippen LogP) is 3.89. The van der Waals surface area contributed by atoms with Gasteiger partial charge in [-0.2, -0.15) is 0 Å². The molecule has 4 aromatic rings. The Morgan fingerprint density at radius 3 is 2.42 bits per heavy atom. The monoisotopic (exact) mass is 480 g/mol. The Kier molecular flexibility index (Phi) is 6.38. The number of nitrogens with one attached hydrogen (secondary N) is 3. The molecule has 10 heteroatoms. The summed E-state index contributed by atoms with van der Waals surface area (Å²) in [5, 5.41) is 3.21. The van der Waals surface area contributed by atoms with Crippen molar-refractivity contribution < 1.29 is 13.2 Å². The molecule has 0 saturated heterocycles. The summed E-state index contributed by atoms with van der Waals surface area (Å²) in [6, 6.07) is 21.4. The van der Waals surface area contributed by atoms with Gasteiger partial charge >= 0.3 is 0 Å². The molecule has 0 radical (unpaired) electrons. The number of para-hydroxylation sites is 1. The van der Waals surface area contributed by atoms with Gasteiger partial charge in [-0.15, -0.1) is 0 Å². The third kappa shape index (κ3) is 5.18. The number of amides is 1. The minimum Gasteiger partial charge on any atom is -0.332 e. The van der Waals surface area contributed by atoms with Crippen LogP contribution in [0.3, 0.4) is 0 Å². The van der Waals surface area contributed by atoms with E-state index in [2.05, 4.69) is 15.0 Å². The van der Waals surface area contributed by atoms with Crippen molar-refractivity contribution >= 4 is 50.4 Å². The van der Waals surface area contributed by atoms with Crippen LogP contribution in [-0.4, -0.2) is 23.9 Å². The van der Waals surface area contributed by atoms with Crippen molar-refractivity contribution in [3.63, 3.8) is 0 Å². The minimum absolute atomic E-state index is 0.00962. The zero-order valence-electron chi connectivity index (χ0n) is 17.3. The van der Waals surface area contributed by atoms with Gasteiger partial charge in [0.25, 0.3) is 15.6 Å². The van der Waals surface area contributed by atoms with Crippen molar-refractivity contribution in [2.24, 2.45) is 0 Å². The number of aromatic amines is 1. The maximum atomic E-state index is 12.7. The molecule has 0 aliphatic rings. The normalized spacial score (nSPS) is 11.3. The highest BCUT2D eigenvalue weighted by Gasteiger charge is 2.14. The molecular formula is C23H20N4O4S2. The highest BCUT2D eigenvalue weighted by atomic mass is 32.2. The topological polar surface area (TPSA) is 113 Å². The van der Waals surface area contributed by atoms with Crippen molar-refractivity contribution in [1.29, 1.82) is 0 Å². The van der Waals surface area contributed by atoms with Crippen LogP contribution in [0, 0.1) is 4.77 Å². The van der Waals surface area contributed by atoms with Crippen LogP contribution in [0.25, 0.3) is 10.9 Å². The second kappa shape index (κ2) is 9.39. The number of hydrogen-bond acceptors (Lipinski definition) is 5. The molecule has 0 unspecified atom stereocenters. The maximum absolute atomic E-state index is 12.7. The smallest absolute Gasteiger partial charge is 0.262 e. The molecule has 4 rings (SSSR count). The Labute approximate surface area is 195 Å². The minimum atomic E-state index is -3.75. The number of sulfonamides is 1. The fourth-order valence-corrected chi connectivity index (χ4v) is 4.67. The van der Waals surface area contributed by atoms with Gasteiger partial charge in [-0.25, -0.2) is 8.42 Å². The van der Waals surface area contributed by atoms with E-state index in [1.807, 2.05) is 0 Å². The average Bonchev–Trinajstić information content (AvgIpc) is 2.79. The molecule has 0 bridgehead atoms. The summed E-state index contributed by atoms with van der Waals surface area (Å²) in [5.41, 5.74) is 1.11. The lowest BCUT2D eigenvalue weighted by molar-refractivity contribution is -0.116. The number of rotatable bonds is 7. The van der Waals surface area contributed by atoms with E-state index in [1.165, 1.54) is 22.8 Å². The second-order valence-electron chi connectivity index (χ2n) is 7.23. The van der Waals surface area contributed by atoms with Gasteiger partial charge in [0.15, 0.2) is 4.77 Å². The second-order valence-corrected chi connectivity index (χ2v) is 9.30. The summed E-state index contributed by atoms with van der Waals surface area (Å²) in [7, 11) is -3.75. The fraction of sp³-hybridized carbons (Fsp3) is 0.0870. The number of fused-ring (bicyclic) bond motifs is 1. The summed E-state index contributed by atoms with van der Waals surface area (Å²) < 4.78 is 29.1. The number of hydrogen-bond donors (Lipinski definition) is 3. The molecule has 0 saturated carbocycles. The Bertz CT molecular complexity index is 1540. The molecular weight excluding hydrogens is 460 g/mol. The summed E-state index contributed by atoms with van der Waals surface area (Å²) in [4.78, 5) is 28.3. The van der Waals surface area contributed by atoms with Gasteiger partial charge in [-0.1, -0.05) is 36.4 Å². The van der Waals surface area contributed by atoms with Crippen molar-refractivity contribution in [1.82, 2.24) is 9.55 Å². The molecule has 33 heavy (non-hydrogen) atoms. The van der Waals surface area contributed by atoms with Gasteiger partial charge < -0.3 is 10.3 Å². The first-order valence-corrected chi connectivity index (χ1v) is 11.9. The molecule has 1 amide bonds. The molecule has 0 aliphatic carbocycles. The van der Waals surface area contributed by atoms with Crippen molar-refractivity contribution in [3.8, 4) is 0 Å². The first kappa shape index (κ1) is 22.4. The first-order chi connectivity index (χ1) is 15.8. The summed E-state index contributed by atoms with van der Waals surface area (Å²) in [6.07, 6.45) is 0.00962. The quantitative estimate of drug-likeness (QED) is 0.347. The summed E-state index contributed by atoms with van der Waals surface area (Å²) in [5.74, 6) is -0.340.